The third kappa shape index (κ3) is 4.73. The van der Waals surface area contributed by atoms with Crippen LogP contribution in [0.25, 0.3) is 0 Å². The van der Waals surface area contributed by atoms with Crippen LogP contribution < -0.4 is 15.0 Å². The van der Waals surface area contributed by atoms with Crippen molar-refractivity contribution in [3.05, 3.63) is 53.1 Å². The number of hydrogen-bond donors (Lipinski definition) is 1. The summed E-state index contributed by atoms with van der Waals surface area (Å²) < 4.78 is 5.56. The Morgan fingerprint density at radius 2 is 1.88 bits per heavy atom. The highest BCUT2D eigenvalue weighted by Gasteiger charge is 2.19. The maximum absolute atomic E-state index is 12.4. The van der Waals surface area contributed by atoms with E-state index in [9.17, 15) is 9.59 Å². The molecule has 2 aromatic rings. The Hall–Kier alpha value is -2.53. The number of carbonyl (C=O) groups is 2. The average molecular weight is 361 g/mol. The van der Waals surface area contributed by atoms with E-state index in [1.165, 1.54) is 11.8 Å². The molecular weight excluding hydrogens is 340 g/mol. The monoisotopic (exact) mass is 360 g/mol. The summed E-state index contributed by atoms with van der Waals surface area (Å²) in [6.45, 7) is 5.46. The second kappa shape index (κ2) is 8.53. The molecule has 0 atom stereocenters. The molecule has 1 N–H and O–H groups in total. The fourth-order valence-electron chi connectivity index (χ4n) is 2.40. The van der Waals surface area contributed by atoms with Crippen molar-refractivity contribution in [2.24, 2.45) is 0 Å². The number of rotatable bonds is 6. The van der Waals surface area contributed by atoms with Crippen molar-refractivity contribution in [2.45, 2.75) is 20.8 Å². The lowest BCUT2D eigenvalue weighted by molar-refractivity contribution is -0.120. The zero-order valence-electron chi connectivity index (χ0n) is 14.5. The van der Waals surface area contributed by atoms with E-state index in [1.54, 1.807) is 36.4 Å². The third-order valence-electron chi connectivity index (χ3n) is 3.68. The Labute approximate surface area is 152 Å². The highest BCUT2D eigenvalue weighted by Crippen LogP contribution is 2.28. The predicted octanol–water partition coefficient (Wildman–Crippen LogP) is 4.04. The van der Waals surface area contributed by atoms with Crippen molar-refractivity contribution in [3.8, 4) is 5.75 Å². The van der Waals surface area contributed by atoms with Gasteiger partial charge >= 0.3 is 0 Å². The van der Waals surface area contributed by atoms with Crippen LogP contribution in [0.2, 0.25) is 5.02 Å². The highest BCUT2D eigenvalue weighted by molar-refractivity contribution is 6.31. The fourth-order valence-corrected chi connectivity index (χ4v) is 2.57. The van der Waals surface area contributed by atoms with Crippen molar-refractivity contribution in [3.63, 3.8) is 0 Å². The van der Waals surface area contributed by atoms with E-state index in [4.69, 9.17) is 16.3 Å². The number of halogens is 1. The van der Waals surface area contributed by atoms with Crippen molar-refractivity contribution < 1.29 is 14.3 Å². The van der Waals surface area contributed by atoms with Crippen LogP contribution in [0.3, 0.4) is 0 Å². The van der Waals surface area contributed by atoms with E-state index in [0.29, 0.717) is 28.8 Å². The zero-order valence-corrected chi connectivity index (χ0v) is 15.3. The molecule has 2 amide bonds. The van der Waals surface area contributed by atoms with Crippen LogP contribution in [0.1, 0.15) is 19.4 Å². The van der Waals surface area contributed by atoms with E-state index in [2.05, 4.69) is 5.32 Å². The number of nitrogens with one attached hydrogen (secondary N) is 1. The number of para-hydroxylation sites is 2. The molecule has 0 saturated carbocycles. The van der Waals surface area contributed by atoms with Gasteiger partial charge in [0.05, 0.1) is 12.3 Å². The summed E-state index contributed by atoms with van der Waals surface area (Å²) in [6, 6.07) is 12.4. The Morgan fingerprint density at radius 1 is 1.16 bits per heavy atom. The zero-order chi connectivity index (χ0) is 18.4. The largest absolute Gasteiger partial charge is 0.492 e. The van der Waals surface area contributed by atoms with Gasteiger partial charge in [0.25, 0.3) is 0 Å². The topological polar surface area (TPSA) is 58.6 Å². The molecule has 5 nitrogen and oxygen atoms in total. The summed E-state index contributed by atoms with van der Waals surface area (Å²) in [7, 11) is 0. The maximum atomic E-state index is 12.4. The highest BCUT2D eigenvalue weighted by atomic mass is 35.5. The minimum absolute atomic E-state index is 0.120. The van der Waals surface area contributed by atoms with Gasteiger partial charge in [0.2, 0.25) is 11.8 Å². The second-order valence-corrected chi connectivity index (χ2v) is 5.87. The summed E-state index contributed by atoms with van der Waals surface area (Å²) >= 11 is 6.07. The van der Waals surface area contributed by atoms with Gasteiger partial charge in [-0.1, -0.05) is 29.8 Å². The first-order valence-corrected chi connectivity index (χ1v) is 8.36. The molecule has 2 aromatic carbocycles. The van der Waals surface area contributed by atoms with Crippen LogP contribution in [0.5, 0.6) is 5.75 Å². The van der Waals surface area contributed by atoms with E-state index in [1.807, 2.05) is 19.9 Å². The second-order valence-electron chi connectivity index (χ2n) is 5.47. The molecule has 0 bridgehead atoms. The van der Waals surface area contributed by atoms with Crippen molar-refractivity contribution in [1.29, 1.82) is 0 Å². The predicted molar refractivity (Wildman–Crippen MR) is 100 cm³/mol. The van der Waals surface area contributed by atoms with Gasteiger partial charge in [-0.3, -0.25) is 14.5 Å². The summed E-state index contributed by atoms with van der Waals surface area (Å²) in [5.74, 6) is 0.00363. The average Bonchev–Trinajstić information content (AvgIpc) is 2.58. The van der Waals surface area contributed by atoms with E-state index >= 15 is 0 Å². The van der Waals surface area contributed by atoms with Crippen molar-refractivity contribution >= 4 is 34.8 Å². The SMILES string of the molecule is CCOc1ccccc1N(CC(=O)Nc1cccc(Cl)c1C)C(C)=O. The normalized spacial score (nSPS) is 10.2. The lowest BCUT2D eigenvalue weighted by atomic mass is 10.2. The van der Waals surface area contributed by atoms with Gasteiger partial charge in [-0.25, -0.2) is 0 Å². The first kappa shape index (κ1) is 18.8. The molecule has 0 spiro atoms. The van der Waals surface area contributed by atoms with Gasteiger partial charge in [-0.05, 0) is 43.7 Å². The molecule has 0 aromatic heterocycles. The summed E-state index contributed by atoms with van der Waals surface area (Å²) in [4.78, 5) is 25.9. The summed E-state index contributed by atoms with van der Waals surface area (Å²) in [5, 5.41) is 3.37. The first-order valence-electron chi connectivity index (χ1n) is 7.99. The van der Waals surface area contributed by atoms with Crippen LogP contribution >= 0.6 is 11.6 Å². The van der Waals surface area contributed by atoms with Gasteiger partial charge in [0.1, 0.15) is 12.3 Å². The Bertz CT molecular complexity index is 777. The molecule has 2 rings (SSSR count). The van der Waals surface area contributed by atoms with E-state index in [-0.39, 0.29) is 18.4 Å². The number of ether oxygens (including phenoxy) is 1. The lowest BCUT2D eigenvalue weighted by Gasteiger charge is -2.23. The quantitative estimate of drug-likeness (QED) is 0.845. The van der Waals surface area contributed by atoms with Gasteiger partial charge in [-0.15, -0.1) is 0 Å². The smallest absolute Gasteiger partial charge is 0.244 e. The molecule has 0 aliphatic rings. The van der Waals surface area contributed by atoms with Gasteiger partial charge in [0, 0.05) is 17.6 Å². The molecule has 0 saturated heterocycles. The number of amides is 2. The van der Waals surface area contributed by atoms with E-state index < -0.39 is 0 Å². The summed E-state index contributed by atoms with van der Waals surface area (Å²) in [6.07, 6.45) is 0. The Balaban J connectivity index is 2.21. The Kier molecular flexibility index (Phi) is 6.42. The van der Waals surface area contributed by atoms with Crippen LogP contribution in [0.15, 0.2) is 42.5 Å². The number of nitrogens with zero attached hydrogens (tertiary/aromatic N) is 1. The first-order chi connectivity index (χ1) is 11.9. The number of hydrogen-bond acceptors (Lipinski definition) is 3. The van der Waals surface area contributed by atoms with Crippen LogP contribution in [0, 0.1) is 6.92 Å². The minimum Gasteiger partial charge on any atom is -0.492 e. The number of carbonyl (C=O) groups excluding carboxylic acids is 2. The molecule has 0 unspecified atom stereocenters. The molecule has 0 fully saturated rings. The standard InChI is InChI=1S/C19H21ClN2O3/c1-4-25-18-11-6-5-10-17(18)22(14(3)23)12-19(24)21-16-9-7-8-15(20)13(16)2/h5-11H,4,12H2,1-3H3,(H,21,24). The molecule has 0 heterocycles. The van der Waals surface area contributed by atoms with E-state index in [0.717, 1.165) is 5.56 Å². The summed E-state index contributed by atoms with van der Waals surface area (Å²) in [5.41, 5.74) is 1.97. The number of benzene rings is 2. The van der Waals surface area contributed by atoms with Crippen molar-refractivity contribution in [1.82, 2.24) is 0 Å². The van der Waals surface area contributed by atoms with Gasteiger partial charge < -0.3 is 10.1 Å². The van der Waals surface area contributed by atoms with Gasteiger partial charge in [-0.2, -0.15) is 0 Å². The maximum Gasteiger partial charge on any atom is 0.244 e. The molecule has 0 radical (unpaired) electrons. The molecule has 25 heavy (non-hydrogen) atoms. The molecule has 0 aliphatic heterocycles. The van der Waals surface area contributed by atoms with Crippen LogP contribution in [0.4, 0.5) is 11.4 Å². The fraction of sp³-hybridized carbons (Fsp3) is 0.263. The van der Waals surface area contributed by atoms with Crippen LogP contribution in [-0.2, 0) is 9.59 Å². The molecule has 6 heteroatoms. The third-order valence-corrected chi connectivity index (χ3v) is 4.09. The molecular formula is C19H21ClN2O3. The number of anilines is 2. The lowest BCUT2D eigenvalue weighted by Crippen LogP contribution is -2.37. The molecule has 0 aliphatic carbocycles. The Morgan fingerprint density at radius 3 is 2.56 bits per heavy atom. The van der Waals surface area contributed by atoms with Crippen LogP contribution in [-0.4, -0.2) is 25.0 Å². The molecule has 132 valence electrons. The minimum atomic E-state index is -0.313. The van der Waals surface area contributed by atoms with Crippen molar-refractivity contribution in [2.75, 3.05) is 23.4 Å². The van der Waals surface area contributed by atoms with Gasteiger partial charge in [0.15, 0.2) is 0 Å².